The van der Waals surface area contributed by atoms with E-state index in [9.17, 15) is 10.1 Å². The molecule has 0 heterocycles. The van der Waals surface area contributed by atoms with Gasteiger partial charge in [-0.2, -0.15) is 0 Å². The molecule has 0 atom stereocenters. The van der Waals surface area contributed by atoms with Crippen LogP contribution < -0.4 is 5.32 Å². The zero-order valence-electron chi connectivity index (χ0n) is 12.6. The Labute approximate surface area is 120 Å². The number of rotatable bonds is 4. The third-order valence-corrected chi connectivity index (χ3v) is 4.37. The fourth-order valence-electron chi connectivity index (χ4n) is 2.90. The smallest absolute Gasteiger partial charge is 0.274 e. The van der Waals surface area contributed by atoms with Gasteiger partial charge in [0.25, 0.3) is 5.69 Å². The van der Waals surface area contributed by atoms with Crippen molar-refractivity contribution < 1.29 is 4.92 Å². The number of benzene rings is 1. The van der Waals surface area contributed by atoms with Crippen LogP contribution in [0.25, 0.3) is 0 Å². The maximum atomic E-state index is 11.1. The summed E-state index contributed by atoms with van der Waals surface area (Å²) in [6.07, 6.45) is 5.38. The molecule has 1 N–H and O–H groups in total. The summed E-state index contributed by atoms with van der Waals surface area (Å²) < 4.78 is 0. The van der Waals surface area contributed by atoms with Crippen LogP contribution in [0.1, 0.15) is 52.0 Å². The average molecular weight is 276 g/mol. The van der Waals surface area contributed by atoms with E-state index in [4.69, 9.17) is 0 Å². The lowest BCUT2D eigenvalue weighted by Crippen LogP contribution is -2.29. The van der Waals surface area contributed by atoms with E-state index in [1.54, 1.807) is 6.07 Å². The first-order chi connectivity index (χ1) is 9.41. The lowest BCUT2D eigenvalue weighted by molar-refractivity contribution is -0.385. The summed E-state index contributed by atoms with van der Waals surface area (Å²) >= 11 is 0. The lowest BCUT2D eigenvalue weighted by Gasteiger charge is -2.35. The van der Waals surface area contributed by atoms with E-state index < -0.39 is 0 Å². The molecule has 0 amide bonds. The average Bonchev–Trinajstić information content (AvgIpc) is 2.41. The minimum Gasteiger partial charge on any atom is -0.382 e. The van der Waals surface area contributed by atoms with Gasteiger partial charge in [0, 0.05) is 23.4 Å². The number of nitro groups is 1. The number of aryl methyl sites for hydroxylation is 1. The highest BCUT2D eigenvalue weighted by molar-refractivity contribution is 5.55. The van der Waals surface area contributed by atoms with Gasteiger partial charge in [-0.3, -0.25) is 10.1 Å². The summed E-state index contributed by atoms with van der Waals surface area (Å²) in [5.74, 6) is 0. The van der Waals surface area contributed by atoms with Gasteiger partial charge in [-0.25, -0.2) is 0 Å². The molecule has 1 saturated carbocycles. The topological polar surface area (TPSA) is 55.2 Å². The molecule has 0 spiro atoms. The molecule has 0 saturated heterocycles. The second kappa shape index (κ2) is 5.81. The van der Waals surface area contributed by atoms with Crippen molar-refractivity contribution in [2.75, 3.05) is 5.32 Å². The molecule has 1 aliphatic rings. The zero-order chi connectivity index (χ0) is 14.8. The van der Waals surface area contributed by atoms with Gasteiger partial charge in [0.15, 0.2) is 0 Å². The molecule has 0 radical (unpaired) electrons. The van der Waals surface area contributed by atoms with E-state index in [1.165, 1.54) is 12.8 Å². The van der Waals surface area contributed by atoms with Crippen molar-refractivity contribution in [3.8, 4) is 0 Å². The minimum atomic E-state index is -0.284. The van der Waals surface area contributed by atoms with Gasteiger partial charge in [0.1, 0.15) is 0 Å². The van der Waals surface area contributed by atoms with Crippen LogP contribution in [0.5, 0.6) is 0 Å². The fourth-order valence-corrected chi connectivity index (χ4v) is 2.90. The SMILES string of the molecule is CCc1ccc(NC2CCC(C)(C)CC2)cc1[N+](=O)[O-]. The van der Waals surface area contributed by atoms with Crippen molar-refractivity contribution in [3.63, 3.8) is 0 Å². The number of nitrogens with one attached hydrogen (secondary N) is 1. The standard InChI is InChI=1S/C16H24N2O2/c1-4-12-5-6-14(11-15(12)18(19)20)17-13-7-9-16(2,3)10-8-13/h5-6,11,13,17H,4,7-10H2,1-3H3. The summed E-state index contributed by atoms with van der Waals surface area (Å²) in [6.45, 7) is 6.56. The van der Waals surface area contributed by atoms with Crippen molar-refractivity contribution in [1.82, 2.24) is 0 Å². The van der Waals surface area contributed by atoms with E-state index >= 15 is 0 Å². The number of nitrogens with zero attached hydrogens (tertiary/aromatic N) is 1. The Morgan fingerprint density at radius 3 is 2.55 bits per heavy atom. The maximum Gasteiger partial charge on any atom is 0.274 e. The summed E-state index contributed by atoms with van der Waals surface area (Å²) in [6, 6.07) is 5.95. The van der Waals surface area contributed by atoms with Crippen LogP contribution in [-0.2, 0) is 6.42 Å². The highest BCUT2D eigenvalue weighted by atomic mass is 16.6. The molecule has 1 aromatic rings. The summed E-state index contributed by atoms with van der Waals surface area (Å²) in [7, 11) is 0. The van der Waals surface area contributed by atoms with Crippen LogP contribution in [0.15, 0.2) is 18.2 Å². The fraction of sp³-hybridized carbons (Fsp3) is 0.625. The van der Waals surface area contributed by atoms with Crippen molar-refractivity contribution in [1.29, 1.82) is 0 Å². The Balaban J connectivity index is 2.07. The van der Waals surface area contributed by atoms with E-state index in [-0.39, 0.29) is 10.6 Å². The number of nitro benzene ring substituents is 1. The molecule has 4 heteroatoms. The Morgan fingerprint density at radius 2 is 2.00 bits per heavy atom. The third-order valence-electron chi connectivity index (χ3n) is 4.37. The molecule has 2 rings (SSSR count). The Bertz CT molecular complexity index is 487. The van der Waals surface area contributed by atoms with Gasteiger partial charge in [-0.1, -0.05) is 26.8 Å². The molecule has 0 unspecified atom stereocenters. The van der Waals surface area contributed by atoms with Gasteiger partial charge in [-0.05, 0) is 43.6 Å². The molecule has 0 aliphatic heterocycles. The molecule has 0 aromatic heterocycles. The molecule has 4 nitrogen and oxygen atoms in total. The van der Waals surface area contributed by atoms with Crippen molar-refractivity contribution in [3.05, 3.63) is 33.9 Å². The number of hydrogen-bond acceptors (Lipinski definition) is 3. The lowest BCUT2D eigenvalue weighted by atomic mass is 9.75. The first kappa shape index (κ1) is 14.8. The van der Waals surface area contributed by atoms with Crippen LogP contribution in [0.4, 0.5) is 11.4 Å². The van der Waals surface area contributed by atoms with Crippen LogP contribution in [0, 0.1) is 15.5 Å². The maximum absolute atomic E-state index is 11.1. The first-order valence-electron chi connectivity index (χ1n) is 7.45. The molecule has 1 aromatic carbocycles. The highest BCUT2D eigenvalue weighted by Gasteiger charge is 2.26. The molecular weight excluding hydrogens is 252 g/mol. The molecule has 1 aliphatic carbocycles. The summed E-state index contributed by atoms with van der Waals surface area (Å²) in [5, 5.41) is 14.5. The molecule has 0 bridgehead atoms. The van der Waals surface area contributed by atoms with Gasteiger partial charge >= 0.3 is 0 Å². The van der Waals surface area contributed by atoms with Gasteiger partial charge in [0.05, 0.1) is 4.92 Å². The molecule has 110 valence electrons. The normalized spacial score (nSPS) is 18.8. The van der Waals surface area contributed by atoms with Crippen molar-refractivity contribution in [2.24, 2.45) is 5.41 Å². The van der Waals surface area contributed by atoms with Crippen molar-refractivity contribution in [2.45, 2.75) is 58.9 Å². The second-order valence-electron chi connectivity index (χ2n) is 6.54. The Hall–Kier alpha value is -1.58. The van der Waals surface area contributed by atoms with Crippen LogP contribution in [0.2, 0.25) is 0 Å². The van der Waals surface area contributed by atoms with E-state index in [2.05, 4.69) is 19.2 Å². The third kappa shape index (κ3) is 3.50. The second-order valence-corrected chi connectivity index (χ2v) is 6.54. The van der Waals surface area contributed by atoms with E-state index in [1.807, 2.05) is 19.1 Å². The summed E-state index contributed by atoms with van der Waals surface area (Å²) in [5.41, 5.74) is 2.34. The summed E-state index contributed by atoms with van der Waals surface area (Å²) in [4.78, 5) is 10.8. The van der Waals surface area contributed by atoms with Crippen LogP contribution in [0.3, 0.4) is 0 Å². The number of anilines is 1. The van der Waals surface area contributed by atoms with E-state index in [0.29, 0.717) is 17.9 Å². The van der Waals surface area contributed by atoms with Gasteiger partial charge in [0.2, 0.25) is 0 Å². The molecular formula is C16H24N2O2. The molecule has 20 heavy (non-hydrogen) atoms. The quantitative estimate of drug-likeness (QED) is 0.649. The minimum absolute atomic E-state index is 0.230. The van der Waals surface area contributed by atoms with E-state index in [0.717, 1.165) is 24.1 Å². The zero-order valence-corrected chi connectivity index (χ0v) is 12.6. The predicted octanol–water partition coefficient (Wildman–Crippen LogP) is 4.54. The van der Waals surface area contributed by atoms with Gasteiger partial charge < -0.3 is 5.32 Å². The Morgan fingerprint density at radius 1 is 1.35 bits per heavy atom. The Kier molecular flexibility index (Phi) is 4.31. The monoisotopic (exact) mass is 276 g/mol. The van der Waals surface area contributed by atoms with Crippen molar-refractivity contribution >= 4 is 11.4 Å². The number of hydrogen-bond donors (Lipinski definition) is 1. The van der Waals surface area contributed by atoms with Gasteiger partial charge in [-0.15, -0.1) is 0 Å². The molecule has 1 fully saturated rings. The van der Waals surface area contributed by atoms with Crippen LogP contribution >= 0.6 is 0 Å². The highest BCUT2D eigenvalue weighted by Crippen LogP contribution is 2.36. The van der Waals surface area contributed by atoms with Crippen LogP contribution in [-0.4, -0.2) is 11.0 Å². The predicted molar refractivity (Wildman–Crippen MR) is 82.1 cm³/mol. The first-order valence-corrected chi connectivity index (χ1v) is 7.45. The largest absolute Gasteiger partial charge is 0.382 e.